The fourth-order valence-corrected chi connectivity index (χ4v) is 1.15. The Balaban J connectivity index is 0. The maximum absolute atomic E-state index is 10.9. The van der Waals surface area contributed by atoms with Crippen molar-refractivity contribution >= 4 is 15.9 Å². The van der Waals surface area contributed by atoms with Crippen molar-refractivity contribution in [1.82, 2.24) is 0 Å². The first-order valence-electron chi connectivity index (χ1n) is 3.11. The third-order valence-electron chi connectivity index (χ3n) is 1.15. The third kappa shape index (κ3) is 6.26. The lowest BCUT2D eigenvalue weighted by Gasteiger charge is -2.14. The predicted octanol–water partition coefficient (Wildman–Crippen LogP) is -0.335. The van der Waals surface area contributed by atoms with Crippen molar-refractivity contribution in [3.05, 3.63) is 0 Å². The number of carbonyl (C=O) groups is 1. The van der Waals surface area contributed by atoms with Crippen LogP contribution in [-0.2, 0) is 14.9 Å². The van der Waals surface area contributed by atoms with Crippen molar-refractivity contribution in [1.29, 1.82) is 0 Å². The summed E-state index contributed by atoms with van der Waals surface area (Å²) < 4.78 is 28.7. The van der Waals surface area contributed by atoms with Crippen molar-refractivity contribution in [3.8, 4) is 0 Å². The van der Waals surface area contributed by atoms with Gasteiger partial charge in [-0.1, -0.05) is 20.8 Å². The number of hydrogen-bond donors (Lipinski definition) is 1. The zero-order valence-electron chi connectivity index (χ0n) is 7.29. The van der Waals surface area contributed by atoms with Crippen LogP contribution < -0.4 is 0 Å². The van der Waals surface area contributed by atoms with Crippen LogP contribution in [0.4, 0.5) is 0 Å². The minimum atomic E-state index is -4.16. The summed E-state index contributed by atoms with van der Waals surface area (Å²) in [5, 5.41) is 0. The first-order valence-corrected chi connectivity index (χ1v) is 4.72. The van der Waals surface area contributed by atoms with Crippen LogP contribution in [0.2, 0.25) is 0 Å². The van der Waals surface area contributed by atoms with E-state index >= 15 is 0 Å². The second-order valence-corrected chi connectivity index (χ2v) is 4.85. The predicted molar refractivity (Wildman–Crippen MR) is 44.5 cm³/mol. The Kier molecular flexibility index (Phi) is 4.66. The van der Waals surface area contributed by atoms with Crippen LogP contribution in [-0.4, -0.2) is 30.0 Å². The molecule has 0 spiro atoms. The van der Waals surface area contributed by atoms with E-state index in [0.29, 0.717) is 0 Å². The van der Waals surface area contributed by atoms with E-state index in [1.807, 2.05) is 0 Å². The van der Waals surface area contributed by atoms with Crippen molar-refractivity contribution in [3.63, 3.8) is 0 Å². The molecule has 0 aromatic heterocycles. The smallest absolute Gasteiger partial charge is 0.272 e. The van der Waals surface area contributed by atoms with E-state index in [0.717, 1.165) is 0 Å². The Bertz CT molecular complexity index is 246. The Morgan fingerprint density at radius 1 is 1.33 bits per heavy atom. The van der Waals surface area contributed by atoms with Crippen LogP contribution in [0.3, 0.4) is 0 Å². The van der Waals surface area contributed by atoms with Crippen LogP contribution in [0, 0.1) is 5.41 Å². The molecule has 0 unspecified atom stereocenters. The van der Waals surface area contributed by atoms with Gasteiger partial charge in [-0.15, -0.1) is 0 Å². The van der Waals surface area contributed by atoms with Crippen molar-refractivity contribution in [2.45, 2.75) is 20.8 Å². The lowest BCUT2D eigenvalue weighted by molar-refractivity contribution is -0.123. The van der Waals surface area contributed by atoms with Gasteiger partial charge in [0.05, 0.1) is 0 Å². The number of Topliss-reactive ketones (excluding diaryl/α,β-unsaturated/α-hetero) is 1. The maximum atomic E-state index is 10.9. The summed E-state index contributed by atoms with van der Waals surface area (Å²) in [6.45, 7) is 4.79. The molecular weight excluding hydrogens is 184 g/mol. The van der Waals surface area contributed by atoms with Gasteiger partial charge in [-0.2, -0.15) is 8.42 Å². The molecule has 0 aromatic rings. The zero-order chi connectivity index (χ0) is 9.28. The monoisotopic (exact) mass is 198 g/mol. The SMILES string of the molecule is CC(C)(C)C(=O)CS(=O)(=O)O.O. The fourth-order valence-electron chi connectivity index (χ4n) is 0.382. The number of rotatable bonds is 2. The molecule has 12 heavy (non-hydrogen) atoms. The van der Waals surface area contributed by atoms with E-state index in [9.17, 15) is 13.2 Å². The van der Waals surface area contributed by atoms with Crippen molar-refractivity contribution in [2.24, 2.45) is 5.41 Å². The molecule has 6 heteroatoms. The van der Waals surface area contributed by atoms with E-state index < -0.39 is 27.1 Å². The quantitative estimate of drug-likeness (QED) is 0.613. The Morgan fingerprint density at radius 3 is 1.75 bits per heavy atom. The van der Waals surface area contributed by atoms with E-state index in [2.05, 4.69) is 0 Å². The minimum absolute atomic E-state index is 0. The topological polar surface area (TPSA) is 103 Å². The molecular formula is C6H14O5S. The molecule has 0 rings (SSSR count). The molecule has 0 aliphatic heterocycles. The molecule has 3 N–H and O–H groups in total. The highest BCUT2D eigenvalue weighted by Crippen LogP contribution is 2.14. The molecule has 0 radical (unpaired) electrons. The summed E-state index contributed by atoms with van der Waals surface area (Å²) >= 11 is 0. The lowest BCUT2D eigenvalue weighted by Crippen LogP contribution is -2.27. The van der Waals surface area contributed by atoms with Gasteiger partial charge >= 0.3 is 0 Å². The summed E-state index contributed by atoms with van der Waals surface area (Å²) in [7, 11) is -4.16. The second kappa shape index (κ2) is 3.97. The van der Waals surface area contributed by atoms with Gasteiger partial charge in [-0.25, -0.2) is 0 Å². The summed E-state index contributed by atoms with van der Waals surface area (Å²) in [5.74, 6) is -1.28. The Labute approximate surface area is 71.8 Å². The van der Waals surface area contributed by atoms with Gasteiger partial charge in [0.25, 0.3) is 10.1 Å². The molecule has 5 nitrogen and oxygen atoms in total. The summed E-state index contributed by atoms with van der Waals surface area (Å²) in [6, 6.07) is 0. The second-order valence-electron chi connectivity index (χ2n) is 3.40. The molecule has 0 bridgehead atoms. The molecule has 0 atom stereocenters. The molecule has 0 aliphatic carbocycles. The summed E-state index contributed by atoms with van der Waals surface area (Å²) in [4.78, 5) is 10.9. The van der Waals surface area contributed by atoms with Gasteiger partial charge in [0, 0.05) is 5.41 Å². The van der Waals surface area contributed by atoms with Crippen LogP contribution in [0.25, 0.3) is 0 Å². The summed E-state index contributed by atoms with van der Waals surface area (Å²) in [5.41, 5.74) is -0.712. The zero-order valence-corrected chi connectivity index (χ0v) is 8.10. The average Bonchev–Trinajstić information content (AvgIpc) is 1.56. The molecule has 0 amide bonds. The number of ketones is 1. The minimum Gasteiger partial charge on any atom is -0.412 e. The van der Waals surface area contributed by atoms with Crippen LogP contribution in [0.15, 0.2) is 0 Å². The molecule has 0 saturated carbocycles. The summed E-state index contributed by atoms with van der Waals surface area (Å²) in [6.07, 6.45) is 0. The first-order chi connectivity index (χ1) is 4.63. The van der Waals surface area contributed by atoms with Gasteiger partial charge in [0.1, 0.15) is 5.75 Å². The van der Waals surface area contributed by atoms with Gasteiger partial charge < -0.3 is 5.48 Å². The van der Waals surface area contributed by atoms with Gasteiger partial charge in [0.2, 0.25) is 0 Å². The Hall–Kier alpha value is -0.460. The molecule has 74 valence electrons. The molecule has 0 heterocycles. The maximum Gasteiger partial charge on any atom is 0.272 e. The molecule has 0 fully saturated rings. The van der Waals surface area contributed by atoms with Crippen LogP contribution in [0.1, 0.15) is 20.8 Å². The largest absolute Gasteiger partial charge is 0.412 e. The Morgan fingerprint density at radius 2 is 1.67 bits per heavy atom. The van der Waals surface area contributed by atoms with E-state index in [4.69, 9.17) is 4.55 Å². The van der Waals surface area contributed by atoms with Gasteiger partial charge in [0.15, 0.2) is 5.78 Å². The highest BCUT2D eigenvalue weighted by Gasteiger charge is 2.25. The molecule has 0 saturated heterocycles. The van der Waals surface area contributed by atoms with E-state index in [-0.39, 0.29) is 5.48 Å². The highest BCUT2D eigenvalue weighted by molar-refractivity contribution is 7.86. The van der Waals surface area contributed by atoms with Crippen molar-refractivity contribution < 1.29 is 23.2 Å². The standard InChI is InChI=1S/C6H12O4S.H2O/c1-6(2,3)5(7)4-11(8,9)10;/h4H2,1-3H3,(H,8,9,10);1H2. The lowest BCUT2D eigenvalue weighted by atomic mass is 9.92. The van der Waals surface area contributed by atoms with Crippen molar-refractivity contribution in [2.75, 3.05) is 5.75 Å². The molecule has 0 aliphatic rings. The van der Waals surface area contributed by atoms with Crippen LogP contribution in [0.5, 0.6) is 0 Å². The van der Waals surface area contributed by atoms with E-state index in [1.165, 1.54) is 0 Å². The normalized spacial score (nSPS) is 12.0. The fraction of sp³-hybridized carbons (Fsp3) is 0.833. The third-order valence-corrected chi connectivity index (χ3v) is 1.78. The number of carbonyl (C=O) groups excluding carboxylic acids is 1. The highest BCUT2D eigenvalue weighted by atomic mass is 32.2. The molecule has 0 aromatic carbocycles. The van der Waals surface area contributed by atoms with Crippen LogP contribution >= 0.6 is 0 Å². The van der Waals surface area contributed by atoms with Gasteiger partial charge in [-0.3, -0.25) is 9.35 Å². The van der Waals surface area contributed by atoms with E-state index in [1.54, 1.807) is 20.8 Å². The first kappa shape index (κ1) is 14.1. The average molecular weight is 198 g/mol. The number of hydrogen-bond acceptors (Lipinski definition) is 3. The van der Waals surface area contributed by atoms with Gasteiger partial charge in [-0.05, 0) is 0 Å².